The molecule has 0 bridgehead atoms. The number of rotatable bonds is 4. The van der Waals surface area contributed by atoms with Crippen molar-refractivity contribution in [2.45, 2.75) is 25.8 Å². The number of piperidine rings is 1. The van der Waals surface area contributed by atoms with Crippen LogP contribution in [0.2, 0.25) is 5.02 Å². The van der Waals surface area contributed by atoms with Crippen LogP contribution in [0.5, 0.6) is 0 Å². The highest BCUT2D eigenvalue weighted by Crippen LogP contribution is 2.24. The first-order chi connectivity index (χ1) is 11.1. The quantitative estimate of drug-likeness (QED) is 0.934. The average Bonchev–Trinajstić information content (AvgIpc) is 2.97. The minimum atomic E-state index is -0.812. The maximum absolute atomic E-state index is 12.4. The number of aliphatic carboxylic acids is 1. The van der Waals surface area contributed by atoms with Gasteiger partial charge in [0.15, 0.2) is 0 Å². The van der Waals surface area contributed by atoms with E-state index >= 15 is 0 Å². The number of nitrogens with zero attached hydrogens (tertiary/aromatic N) is 2. The Hall–Kier alpha value is -2.01. The molecule has 23 heavy (non-hydrogen) atoms. The summed E-state index contributed by atoms with van der Waals surface area (Å²) in [5, 5.41) is 10.8. The molecule has 1 N–H and O–H groups in total. The maximum atomic E-state index is 12.4. The Bertz CT molecular complexity index is 741. The number of halogens is 1. The van der Waals surface area contributed by atoms with Crippen molar-refractivity contribution >= 4 is 34.4 Å². The molecule has 0 spiro atoms. The molecule has 6 heteroatoms. The van der Waals surface area contributed by atoms with Gasteiger partial charge in [0.25, 0.3) is 0 Å². The Kier molecular flexibility index (Phi) is 4.57. The van der Waals surface area contributed by atoms with Gasteiger partial charge in [-0.1, -0.05) is 17.7 Å². The van der Waals surface area contributed by atoms with Crippen molar-refractivity contribution in [1.82, 2.24) is 9.47 Å². The summed E-state index contributed by atoms with van der Waals surface area (Å²) in [5.74, 6) is -1.23. The van der Waals surface area contributed by atoms with Crippen LogP contribution in [-0.4, -0.2) is 39.5 Å². The van der Waals surface area contributed by atoms with Crippen LogP contribution in [0.1, 0.15) is 19.3 Å². The lowest BCUT2D eigenvalue weighted by molar-refractivity contribution is -0.145. The second-order valence-electron chi connectivity index (χ2n) is 5.95. The van der Waals surface area contributed by atoms with Crippen LogP contribution in [0.4, 0.5) is 0 Å². The summed E-state index contributed by atoms with van der Waals surface area (Å²) in [6.07, 6.45) is 3.70. The number of hydrogen-bond donors (Lipinski definition) is 1. The van der Waals surface area contributed by atoms with Crippen LogP contribution in [0.25, 0.3) is 10.9 Å². The zero-order valence-electron chi connectivity index (χ0n) is 12.7. The third-order valence-electron chi connectivity index (χ3n) is 4.45. The predicted molar refractivity (Wildman–Crippen MR) is 88.5 cm³/mol. The van der Waals surface area contributed by atoms with Gasteiger partial charge in [0.05, 0.1) is 5.92 Å². The molecule has 2 aromatic rings. The Morgan fingerprint density at radius 2 is 2.13 bits per heavy atom. The third-order valence-corrected chi connectivity index (χ3v) is 4.78. The average molecular weight is 335 g/mol. The van der Waals surface area contributed by atoms with Crippen molar-refractivity contribution in [3.05, 3.63) is 35.5 Å². The summed E-state index contributed by atoms with van der Waals surface area (Å²) in [4.78, 5) is 25.1. The standard InChI is InChI=1S/C17H19ClN2O3/c18-14-4-1-5-15-13(14)6-9-19(15)10-7-16(21)20-8-2-3-12(11-20)17(22)23/h1,4-6,9,12H,2-3,7-8,10-11H2,(H,22,23)/t12-/m0/s1. The molecule has 122 valence electrons. The molecule has 0 saturated carbocycles. The fourth-order valence-corrected chi connectivity index (χ4v) is 3.39. The summed E-state index contributed by atoms with van der Waals surface area (Å²) in [6, 6.07) is 7.67. The first kappa shape index (κ1) is 15.9. The number of carbonyl (C=O) groups is 2. The molecule has 0 unspecified atom stereocenters. The van der Waals surface area contributed by atoms with E-state index in [-0.39, 0.29) is 5.91 Å². The SMILES string of the molecule is O=C(O)[C@H]1CCCN(C(=O)CCn2ccc3c(Cl)cccc32)C1. The van der Waals surface area contributed by atoms with Crippen molar-refractivity contribution in [2.24, 2.45) is 5.92 Å². The smallest absolute Gasteiger partial charge is 0.308 e. The highest BCUT2D eigenvalue weighted by atomic mass is 35.5. The van der Waals surface area contributed by atoms with Crippen LogP contribution in [0, 0.1) is 5.92 Å². The molecule has 0 aliphatic carbocycles. The molecule has 3 rings (SSSR count). The molecular formula is C17H19ClN2O3. The lowest BCUT2D eigenvalue weighted by atomic mass is 9.98. The fourth-order valence-electron chi connectivity index (χ4n) is 3.16. The third kappa shape index (κ3) is 3.34. The molecule has 1 amide bonds. The molecule has 1 atom stereocenters. The van der Waals surface area contributed by atoms with Gasteiger partial charge in [-0.25, -0.2) is 0 Å². The van der Waals surface area contributed by atoms with Crippen molar-refractivity contribution in [3.8, 4) is 0 Å². The number of benzene rings is 1. The van der Waals surface area contributed by atoms with E-state index in [9.17, 15) is 9.59 Å². The van der Waals surface area contributed by atoms with Gasteiger partial charge in [0.1, 0.15) is 0 Å². The fraction of sp³-hybridized carbons (Fsp3) is 0.412. The second-order valence-corrected chi connectivity index (χ2v) is 6.36. The van der Waals surface area contributed by atoms with E-state index in [1.165, 1.54) is 0 Å². The molecule has 0 radical (unpaired) electrons. The maximum Gasteiger partial charge on any atom is 0.308 e. The number of carboxylic acid groups (broad SMARTS) is 1. The number of aromatic nitrogens is 1. The van der Waals surface area contributed by atoms with Crippen LogP contribution in [0.15, 0.2) is 30.5 Å². The van der Waals surface area contributed by atoms with E-state index in [2.05, 4.69) is 0 Å². The van der Waals surface area contributed by atoms with Gasteiger partial charge in [-0.3, -0.25) is 9.59 Å². The van der Waals surface area contributed by atoms with Crippen LogP contribution < -0.4 is 0 Å². The lowest BCUT2D eigenvalue weighted by Crippen LogP contribution is -2.42. The van der Waals surface area contributed by atoms with E-state index in [0.29, 0.717) is 37.5 Å². The normalized spacial score (nSPS) is 18.3. The first-order valence-corrected chi connectivity index (χ1v) is 8.18. The molecule has 5 nitrogen and oxygen atoms in total. The summed E-state index contributed by atoms with van der Waals surface area (Å²) >= 11 is 6.16. The number of likely N-dealkylation sites (tertiary alicyclic amines) is 1. The van der Waals surface area contributed by atoms with E-state index in [1.807, 2.05) is 35.0 Å². The number of amides is 1. The molecule has 1 aliphatic heterocycles. The van der Waals surface area contributed by atoms with Crippen molar-refractivity contribution < 1.29 is 14.7 Å². The number of aryl methyl sites for hydroxylation is 1. The number of fused-ring (bicyclic) bond motifs is 1. The van der Waals surface area contributed by atoms with E-state index < -0.39 is 11.9 Å². The zero-order valence-corrected chi connectivity index (χ0v) is 13.5. The van der Waals surface area contributed by atoms with Gasteiger partial charge in [0, 0.05) is 48.2 Å². The number of carbonyl (C=O) groups excluding carboxylic acids is 1. The van der Waals surface area contributed by atoms with Crippen molar-refractivity contribution in [3.63, 3.8) is 0 Å². The van der Waals surface area contributed by atoms with E-state index in [4.69, 9.17) is 16.7 Å². The molecular weight excluding hydrogens is 316 g/mol. The lowest BCUT2D eigenvalue weighted by Gasteiger charge is -2.30. The molecule has 1 aliphatic rings. The predicted octanol–water partition coefficient (Wildman–Crippen LogP) is 3.01. The van der Waals surface area contributed by atoms with E-state index in [1.54, 1.807) is 4.90 Å². The molecule has 2 heterocycles. The summed E-state index contributed by atoms with van der Waals surface area (Å²) in [7, 11) is 0. The summed E-state index contributed by atoms with van der Waals surface area (Å²) in [5.41, 5.74) is 1.01. The molecule has 1 aromatic carbocycles. The Morgan fingerprint density at radius 1 is 1.30 bits per heavy atom. The van der Waals surface area contributed by atoms with Gasteiger partial charge in [-0.05, 0) is 31.0 Å². The van der Waals surface area contributed by atoms with Crippen LogP contribution in [0.3, 0.4) is 0 Å². The van der Waals surface area contributed by atoms with Gasteiger partial charge in [-0.15, -0.1) is 0 Å². The Morgan fingerprint density at radius 3 is 2.91 bits per heavy atom. The monoisotopic (exact) mass is 334 g/mol. The van der Waals surface area contributed by atoms with Gasteiger partial charge in [-0.2, -0.15) is 0 Å². The molecule has 1 aromatic heterocycles. The second kappa shape index (κ2) is 6.62. The zero-order chi connectivity index (χ0) is 16.4. The van der Waals surface area contributed by atoms with Gasteiger partial charge in [0.2, 0.25) is 5.91 Å². The van der Waals surface area contributed by atoms with E-state index in [0.717, 1.165) is 17.3 Å². The first-order valence-electron chi connectivity index (χ1n) is 7.80. The molecule has 1 saturated heterocycles. The highest BCUT2D eigenvalue weighted by molar-refractivity contribution is 6.35. The van der Waals surface area contributed by atoms with Crippen molar-refractivity contribution in [2.75, 3.05) is 13.1 Å². The van der Waals surface area contributed by atoms with Crippen LogP contribution >= 0.6 is 11.6 Å². The molecule has 1 fully saturated rings. The number of hydrogen-bond acceptors (Lipinski definition) is 2. The largest absolute Gasteiger partial charge is 0.481 e. The summed E-state index contributed by atoms with van der Waals surface area (Å²) in [6.45, 7) is 1.55. The minimum absolute atomic E-state index is 0.0137. The number of carboxylic acids is 1. The Labute approximate surface area is 139 Å². The highest BCUT2D eigenvalue weighted by Gasteiger charge is 2.27. The van der Waals surface area contributed by atoms with Gasteiger partial charge < -0.3 is 14.6 Å². The minimum Gasteiger partial charge on any atom is -0.481 e. The topological polar surface area (TPSA) is 62.5 Å². The Balaban J connectivity index is 1.64. The van der Waals surface area contributed by atoms with Crippen LogP contribution in [-0.2, 0) is 16.1 Å². The summed E-state index contributed by atoms with van der Waals surface area (Å²) < 4.78 is 2.01. The van der Waals surface area contributed by atoms with Gasteiger partial charge >= 0.3 is 5.97 Å². The van der Waals surface area contributed by atoms with Crippen molar-refractivity contribution in [1.29, 1.82) is 0 Å².